The molecular formula is C21H36N2O. The Kier molecular flexibility index (Phi) is 10.2. The number of unbranched alkanes of at least 4 members (excludes halogenated alkanes) is 7. The van der Waals surface area contributed by atoms with Crippen LogP contribution in [0.25, 0.3) is 0 Å². The van der Waals surface area contributed by atoms with E-state index in [9.17, 15) is 4.79 Å². The van der Waals surface area contributed by atoms with Crippen molar-refractivity contribution in [2.45, 2.75) is 85.0 Å². The van der Waals surface area contributed by atoms with Crippen LogP contribution in [0, 0.1) is 6.92 Å². The van der Waals surface area contributed by atoms with Crippen LogP contribution in [-0.2, 0) is 0 Å². The molecule has 0 radical (unpaired) electrons. The van der Waals surface area contributed by atoms with Crippen molar-refractivity contribution in [2.24, 2.45) is 0 Å². The Morgan fingerprint density at radius 3 is 2.25 bits per heavy atom. The third kappa shape index (κ3) is 7.85. The highest BCUT2D eigenvalue weighted by atomic mass is 16.2. The van der Waals surface area contributed by atoms with E-state index in [0.717, 1.165) is 24.2 Å². The van der Waals surface area contributed by atoms with Crippen LogP contribution in [0.1, 0.15) is 89.2 Å². The first-order valence-corrected chi connectivity index (χ1v) is 9.70. The molecule has 2 N–H and O–H groups in total. The van der Waals surface area contributed by atoms with E-state index >= 15 is 0 Å². The number of nitrogens with one attached hydrogen (secondary N) is 2. The van der Waals surface area contributed by atoms with E-state index in [1.165, 1.54) is 50.5 Å². The van der Waals surface area contributed by atoms with Crippen molar-refractivity contribution in [3.05, 3.63) is 29.3 Å². The molecule has 0 spiro atoms. The summed E-state index contributed by atoms with van der Waals surface area (Å²) in [5.74, 6) is 0.396. The molecule has 0 fully saturated rings. The molecule has 1 aromatic carbocycles. The number of carbonyl (C=O) groups excluding carboxylic acids is 1. The number of para-hydroxylation sites is 1. The van der Waals surface area contributed by atoms with Crippen LogP contribution in [0.5, 0.6) is 0 Å². The number of amides is 2. The summed E-state index contributed by atoms with van der Waals surface area (Å²) < 4.78 is 0. The minimum absolute atomic E-state index is 0.0888. The molecule has 0 aliphatic heterocycles. The number of hydrogen-bond donors (Lipinski definition) is 2. The monoisotopic (exact) mass is 332 g/mol. The van der Waals surface area contributed by atoms with Crippen LogP contribution < -0.4 is 10.6 Å². The summed E-state index contributed by atoms with van der Waals surface area (Å²) in [4.78, 5) is 12.1. The van der Waals surface area contributed by atoms with E-state index in [0.29, 0.717) is 5.92 Å². The summed E-state index contributed by atoms with van der Waals surface area (Å²) in [6.45, 7) is 9.35. The second-order valence-electron chi connectivity index (χ2n) is 7.05. The average molecular weight is 333 g/mol. The summed E-state index contributed by atoms with van der Waals surface area (Å²) in [7, 11) is 0. The zero-order valence-electron chi connectivity index (χ0n) is 16.1. The normalized spacial score (nSPS) is 10.9. The smallest absolute Gasteiger partial charge is 0.319 e. The molecule has 1 aromatic rings. The SMILES string of the molecule is CCCCCCCCCCNC(=O)Nc1c(C)cccc1C(C)C. The molecule has 3 nitrogen and oxygen atoms in total. The lowest BCUT2D eigenvalue weighted by atomic mass is 9.98. The summed E-state index contributed by atoms with van der Waals surface area (Å²) in [6.07, 6.45) is 10.3. The van der Waals surface area contributed by atoms with Crippen LogP contribution in [0.4, 0.5) is 10.5 Å². The van der Waals surface area contributed by atoms with Crippen molar-refractivity contribution >= 4 is 11.7 Å². The van der Waals surface area contributed by atoms with Gasteiger partial charge in [0.25, 0.3) is 0 Å². The fourth-order valence-electron chi connectivity index (χ4n) is 2.96. The first kappa shape index (κ1) is 20.5. The van der Waals surface area contributed by atoms with Crippen LogP contribution in [0.3, 0.4) is 0 Å². The summed E-state index contributed by atoms with van der Waals surface area (Å²) in [6, 6.07) is 6.09. The second kappa shape index (κ2) is 11.9. The van der Waals surface area contributed by atoms with Gasteiger partial charge in [-0.05, 0) is 30.4 Å². The minimum Gasteiger partial charge on any atom is -0.338 e. The van der Waals surface area contributed by atoms with Crippen LogP contribution in [-0.4, -0.2) is 12.6 Å². The number of rotatable bonds is 11. The van der Waals surface area contributed by atoms with Gasteiger partial charge in [0.15, 0.2) is 0 Å². The zero-order chi connectivity index (χ0) is 17.8. The third-order valence-electron chi connectivity index (χ3n) is 4.48. The molecule has 0 unspecified atom stereocenters. The molecule has 24 heavy (non-hydrogen) atoms. The van der Waals surface area contributed by atoms with Crippen LogP contribution >= 0.6 is 0 Å². The van der Waals surface area contributed by atoms with Gasteiger partial charge in [-0.15, -0.1) is 0 Å². The maximum absolute atomic E-state index is 12.1. The second-order valence-corrected chi connectivity index (χ2v) is 7.05. The molecule has 136 valence electrons. The molecule has 0 atom stereocenters. The highest BCUT2D eigenvalue weighted by Gasteiger charge is 2.11. The summed E-state index contributed by atoms with van der Waals surface area (Å²) >= 11 is 0. The Bertz CT molecular complexity index is 483. The number of anilines is 1. The van der Waals surface area contributed by atoms with Crippen molar-refractivity contribution in [1.29, 1.82) is 0 Å². The van der Waals surface area contributed by atoms with E-state index in [4.69, 9.17) is 0 Å². The van der Waals surface area contributed by atoms with Gasteiger partial charge in [-0.1, -0.05) is 83.9 Å². The quantitative estimate of drug-likeness (QED) is 0.453. The van der Waals surface area contributed by atoms with Gasteiger partial charge in [0, 0.05) is 12.2 Å². The highest BCUT2D eigenvalue weighted by molar-refractivity contribution is 5.91. The first-order valence-electron chi connectivity index (χ1n) is 9.70. The van der Waals surface area contributed by atoms with Crippen molar-refractivity contribution < 1.29 is 4.79 Å². The van der Waals surface area contributed by atoms with Gasteiger partial charge < -0.3 is 10.6 Å². The van der Waals surface area contributed by atoms with Crippen molar-refractivity contribution in [1.82, 2.24) is 5.32 Å². The molecule has 0 saturated carbocycles. The van der Waals surface area contributed by atoms with E-state index in [2.05, 4.69) is 37.5 Å². The molecule has 0 aromatic heterocycles. The van der Waals surface area contributed by atoms with Gasteiger partial charge in [-0.25, -0.2) is 4.79 Å². The van der Waals surface area contributed by atoms with Crippen LogP contribution in [0.15, 0.2) is 18.2 Å². The molecule has 3 heteroatoms. The Morgan fingerprint density at radius 2 is 1.62 bits per heavy atom. The highest BCUT2D eigenvalue weighted by Crippen LogP contribution is 2.27. The molecule has 0 aliphatic rings. The maximum atomic E-state index is 12.1. The topological polar surface area (TPSA) is 41.1 Å². The first-order chi connectivity index (χ1) is 11.6. The fraction of sp³-hybridized carbons (Fsp3) is 0.667. The number of aryl methyl sites for hydroxylation is 1. The predicted octanol–water partition coefficient (Wildman–Crippen LogP) is 6.38. The van der Waals surface area contributed by atoms with Crippen molar-refractivity contribution in [3.8, 4) is 0 Å². The number of benzene rings is 1. The third-order valence-corrected chi connectivity index (χ3v) is 4.48. The maximum Gasteiger partial charge on any atom is 0.319 e. The lowest BCUT2D eigenvalue weighted by Gasteiger charge is -2.16. The van der Waals surface area contributed by atoms with Gasteiger partial charge in [0.1, 0.15) is 0 Å². The number of carbonyl (C=O) groups is 1. The van der Waals surface area contributed by atoms with E-state index in [1.807, 2.05) is 19.1 Å². The van der Waals surface area contributed by atoms with Gasteiger partial charge in [0.2, 0.25) is 0 Å². The van der Waals surface area contributed by atoms with Gasteiger partial charge in [-0.3, -0.25) is 0 Å². The average Bonchev–Trinajstić information content (AvgIpc) is 2.55. The molecule has 1 rings (SSSR count). The summed E-state index contributed by atoms with van der Waals surface area (Å²) in [5.41, 5.74) is 3.27. The Balaban J connectivity index is 2.23. The molecule has 0 bridgehead atoms. The molecule has 0 heterocycles. The lowest BCUT2D eigenvalue weighted by Crippen LogP contribution is -2.30. The van der Waals surface area contributed by atoms with E-state index in [-0.39, 0.29) is 6.03 Å². The number of urea groups is 1. The fourth-order valence-corrected chi connectivity index (χ4v) is 2.96. The molecule has 0 saturated heterocycles. The molecular weight excluding hydrogens is 296 g/mol. The van der Waals surface area contributed by atoms with Crippen LogP contribution in [0.2, 0.25) is 0 Å². The molecule has 0 aliphatic carbocycles. The van der Waals surface area contributed by atoms with Crippen molar-refractivity contribution in [2.75, 3.05) is 11.9 Å². The zero-order valence-corrected chi connectivity index (χ0v) is 16.1. The Morgan fingerprint density at radius 1 is 1.00 bits per heavy atom. The summed E-state index contributed by atoms with van der Waals surface area (Å²) in [5, 5.41) is 6.02. The van der Waals surface area contributed by atoms with Crippen molar-refractivity contribution in [3.63, 3.8) is 0 Å². The lowest BCUT2D eigenvalue weighted by molar-refractivity contribution is 0.252. The van der Waals surface area contributed by atoms with E-state index < -0.39 is 0 Å². The minimum atomic E-state index is -0.0888. The standard InChI is InChI=1S/C21H36N2O/c1-5-6-7-8-9-10-11-12-16-22-21(24)23-20-18(4)14-13-15-19(20)17(2)3/h13-15,17H,5-12,16H2,1-4H3,(H2,22,23,24). The van der Waals surface area contributed by atoms with Gasteiger partial charge in [0.05, 0.1) is 0 Å². The van der Waals surface area contributed by atoms with E-state index in [1.54, 1.807) is 0 Å². The predicted molar refractivity (Wildman–Crippen MR) is 105 cm³/mol. The Labute approximate surface area is 148 Å². The molecule has 2 amide bonds. The van der Waals surface area contributed by atoms with Gasteiger partial charge in [-0.2, -0.15) is 0 Å². The largest absolute Gasteiger partial charge is 0.338 e. The van der Waals surface area contributed by atoms with Gasteiger partial charge >= 0.3 is 6.03 Å². The Hall–Kier alpha value is -1.51. The number of hydrogen-bond acceptors (Lipinski definition) is 1.